The number of nitrogens with zero attached hydrogens (tertiary/aromatic N) is 4. The Morgan fingerprint density at radius 3 is 2.96 bits per heavy atom. The van der Waals surface area contributed by atoms with E-state index in [0.717, 1.165) is 45.3 Å². The van der Waals surface area contributed by atoms with Crippen LogP contribution in [0, 0.1) is 5.92 Å². The van der Waals surface area contributed by atoms with Crippen LogP contribution in [0.3, 0.4) is 0 Å². The molecular weight excluding hydrogens is 308 g/mol. The van der Waals surface area contributed by atoms with E-state index in [4.69, 9.17) is 4.74 Å². The summed E-state index contributed by atoms with van der Waals surface area (Å²) in [5, 5.41) is 4.40. The first-order chi connectivity index (χ1) is 11.4. The summed E-state index contributed by atoms with van der Waals surface area (Å²) in [5.74, 6) is 1.40. The average Bonchev–Trinajstić information content (AvgIpc) is 3.00. The summed E-state index contributed by atoms with van der Waals surface area (Å²) < 4.78 is 6.17. The lowest BCUT2D eigenvalue weighted by molar-refractivity contribution is -0.0239. The summed E-state index contributed by atoms with van der Waals surface area (Å²) in [7, 11) is 0. The molecule has 0 spiro atoms. The molecule has 0 N–H and O–H groups in total. The first kappa shape index (κ1) is 15.1. The van der Waals surface area contributed by atoms with Crippen LogP contribution in [0.1, 0.15) is 12.0 Å². The predicted molar refractivity (Wildman–Crippen MR) is 91.7 cm³/mol. The van der Waals surface area contributed by atoms with Crippen LogP contribution < -0.4 is 4.90 Å². The highest BCUT2D eigenvalue weighted by atomic mass is 32.1. The second kappa shape index (κ2) is 6.95. The number of rotatable bonds is 3. The van der Waals surface area contributed by atoms with Crippen LogP contribution in [0.25, 0.3) is 0 Å². The maximum Gasteiger partial charge on any atom is 0.225 e. The Morgan fingerprint density at radius 1 is 1.22 bits per heavy atom. The van der Waals surface area contributed by atoms with E-state index in [9.17, 15) is 0 Å². The molecule has 0 bridgehead atoms. The highest BCUT2D eigenvalue weighted by molar-refractivity contribution is 7.07. The number of thiophene rings is 1. The fraction of sp³-hybridized carbons (Fsp3) is 0.529. The maximum atomic E-state index is 6.17. The SMILES string of the molecule is c1cnc(N2CCO[C@@H]3CN(Cc4ccsc4)CC[C@H]3C2)nc1. The molecule has 2 aliphatic heterocycles. The van der Waals surface area contributed by atoms with Gasteiger partial charge < -0.3 is 9.64 Å². The van der Waals surface area contributed by atoms with E-state index in [0.29, 0.717) is 12.0 Å². The molecule has 6 heteroatoms. The lowest BCUT2D eigenvalue weighted by Gasteiger charge is -2.37. The zero-order valence-electron chi connectivity index (χ0n) is 13.2. The summed E-state index contributed by atoms with van der Waals surface area (Å²) in [6.45, 7) is 5.85. The average molecular weight is 330 g/mol. The standard InChI is InChI=1S/C17H22N4OS/c1-4-18-17(19-5-1)21-7-8-22-16-12-20(6-2-15(16)11-21)10-14-3-9-23-13-14/h1,3-5,9,13,15-16H,2,6-8,10-12H2/t15-,16+/m0/s1. The largest absolute Gasteiger partial charge is 0.375 e. The first-order valence-corrected chi connectivity index (χ1v) is 9.20. The van der Waals surface area contributed by atoms with E-state index in [1.807, 2.05) is 18.5 Å². The summed E-state index contributed by atoms with van der Waals surface area (Å²) in [5.41, 5.74) is 1.42. The molecule has 2 aromatic heterocycles. The van der Waals surface area contributed by atoms with Crippen LogP contribution >= 0.6 is 11.3 Å². The normalized spacial score (nSPS) is 25.8. The van der Waals surface area contributed by atoms with Crippen molar-refractivity contribution in [2.45, 2.75) is 19.1 Å². The van der Waals surface area contributed by atoms with Gasteiger partial charge in [0, 0.05) is 44.5 Å². The minimum Gasteiger partial charge on any atom is -0.375 e. The Labute approximate surface area is 140 Å². The monoisotopic (exact) mass is 330 g/mol. The minimum absolute atomic E-state index is 0.330. The zero-order valence-corrected chi connectivity index (χ0v) is 14.0. The molecule has 0 amide bonds. The molecule has 0 unspecified atom stereocenters. The molecule has 2 fully saturated rings. The molecule has 4 heterocycles. The second-order valence-corrected chi connectivity index (χ2v) is 7.10. The summed E-state index contributed by atoms with van der Waals surface area (Å²) in [6, 6.07) is 4.09. The predicted octanol–water partition coefficient (Wildman–Crippen LogP) is 2.27. The number of hydrogen-bond donors (Lipinski definition) is 0. The third-order valence-corrected chi connectivity index (χ3v) is 5.48. The van der Waals surface area contributed by atoms with E-state index in [1.165, 1.54) is 12.0 Å². The number of hydrogen-bond acceptors (Lipinski definition) is 6. The third kappa shape index (κ3) is 3.54. The maximum absolute atomic E-state index is 6.17. The van der Waals surface area contributed by atoms with Crippen LogP contribution in [0.4, 0.5) is 5.95 Å². The molecular formula is C17H22N4OS. The van der Waals surface area contributed by atoms with Crippen LogP contribution in [-0.2, 0) is 11.3 Å². The summed E-state index contributed by atoms with van der Waals surface area (Å²) in [6.07, 6.45) is 5.14. The summed E-state index contributed by atoms with van der Waals surface area (Å²) in [4.78, 5) is 13.6. The van der Waals surface area contributed by atoms with Crippen molar-refractivity contribution in [1.82, 2.24) is 14.9 Å². The van der Waals surface area contributed by atoms with Gasteiger partial charge in [0.25, 0.3) is 0 Å². The van der Waals surface area contributed by atoms with Crippen molar-refractivity contribution >= 4 is 17.3 Å². The van der Waals surface area contributed by atoms with Crippen LogP contribution in [0.2, 0.25) is 0 Å². The lowest BCUT2D eigenvalue weighted by Crippen LogP contribution is -2.46. The van der Waals surface area contributed by atoms with Gasteiger partial charge in [0.05, 0.1) is 12.7 Å². The number of anilines is 1. The highest BCUT2D eigenvalue weighted by Gasteiger charge is 2.33. The fourth-order valence-corrected chi connectivity index (χ4v) is 4.20. The number of likely N-dealkylation sites (tertiary alicyclic amines) is 1. The molecule has 0 saturated carbocycles. The zero-order chi connectivity index (χ0) is 15.5. The van der Waals surface area contributed by atoms with Gasteiger partial charge >= 0.3 is 0 Å². The van der Waals surface area contributed by atoms with Crippen molar-refractivity contribution in [2.24, 2.45) is 5.92 Å². The van der Waals surface area contributed by atoms with Crippen LogP contribution in [-0.4, -0.2) is 53.8 Å². The number of aromatic nitrogens is 2. The number of fused-ring (bicyclic) bond motifs is 1. The Morgan fingerprint density at radius 2 is 2.13 bits per heavy atom. The van der Waals surface area contributed by atoms with Crippen LogP contribution in [0.5, 0.6) is 0 Å². The summed E-state index contributed by atoms with van der Waals surface area (Å²) >= 11 is 1.77. The molecule has 0 aliphatic carbocycles. The molecule has 0 radical (unpaired) electrons. The van der Waals surface area contributed by atoms with Crippen molar-refractivity contribution in [3.63, 3.8) is 0 Å². The van der Waals surface area contributed by atoms with E-state index < -0.39 is 0 Å². The van der Waals surface area contributed by atoms with Crippen molar-refractivity contribution in [2.75, 3.05) is 37.7 Å². The van der Waals surface area contributed by atoms with E-state index in [1.54, 1.807) is 11.3 Å². The van der Waals surface area contributed by atoms with Crippen LogP contribution in [0.15, 0.2) is 35.3 Å². The number of piperidine rings is 1. The fourth-order valence-electron chi connectivity index (χ4n) is 3.54. The molecule has 2 saturated heterocycles. The van der Waals surface area contributed by atoms with Crippen molar-refractivity contribution in [1.29, 1.82) is 0 Å². The topological polar surface area (TPSA) is 41.5 Å². The Bertz CT molecular complexity index is 606. The molecule has 2 atom stereocenters. The van der Waals surface area contributed by atoms with Gasteiger partial charge in [-0.05, 0) is 41.4 Å². The van der Waals surface area contributed by atoms with Gasteiger partial charge in [-0.15, -0.1) is 0 Å². The molecule has 5 nitrogen and oxygen atoms in total. The second-order valence-electron chi connectivity index (χ2n) is 6.32. The lowest BCUT2D eigenvalue weighted by atomic mass is 9.93. The van der Waals surface area contributed by atoms with Gasteiger partial charge in [0.1, 0.15) is 0 Å². The Kier molecular flexibility index (Phi) is 4.55. The first-order valence-electron chi connectivity index (χ1n) is 8.25. The van der Waals surface area contributed by atoms with E-state index >= 15 is 0 Å². The molecule has 23 heavy (non-hydrogen) atoms. The number of ether oxygens (including phenoxy) is 1. The van der Waals surface area contributed by atoms with E-state index in [-0.39, 0.29) is 0 Å². The van der Waals surface area contributed by atoms with Crippen molar-refractivity contribution < 1.29 is 4.74 Å². The Hall–Kier alpha value is -1.50. The van der Waals surface area contributed by atoms with Crippen molar-refractivity contribution in [3.8, 4) is 0 Å². The molecule has 2 aliphatic rings. The third-order valence-electron chi connectivity index (χ3n) is 4.75. The minimum atomic E-state index is 0.330. The molecule has 122 valence electrons. The van der Waals surface area contributed by atoms with Gasteiger partial charge in [0.2, 0.25) is 5.95 Å². The molecule has 2 aromatic rings. The van der Waals surface area contributed by atoms with Gasteiger partial charge in [-0.25, -0.2) is 9.97 Å². The van der Waals surface area contributed by atoms with Gasteiger partial charge in [0.15, 0.2) is 0 Å². The van der Waals surface area contributed by atoms with Gasteiger partial charge in [-0.2, -0.15) is 11.3 Å². The molecule has 0 aromatic carbocycles. The quantitative estimate of drug-likeness (QED) is 0.863. The van der Waals surface area contributed by atoms with Crippen molar-refractivity contribution in [3.05, 3.63) is 40.8 Å². The highest BCUT2D eigenvalue weighted by Crippen LogP contribution is 2.26. The van der Waals surface area contributed by atoms with Gasteiger partial charge in [-0.1, -0.05) is 0 Å². The smallest absolute Gasteiger partial charge is 0.225 e. The Balaban J connectivity index is 1.40. The van der Waals surface area contributed by atoms with Gasteiger partial charge in [-0.3, -0.25) is 4.90 Å². The molecule has 4 rings (SSSR count). The van der Waals surface area contributed by atoms with E-state index in [2.05, 4.69) is 36.6 Å².